The fraction of sp³-hybridized carbons (Fsp3) is 0.250. The first-order valence-electron chi connectivity index (χ1n) is 6.90. The van der Waals surface area contributed by atoms with Gasteiger partial charge >= 0.3 is 0 Å². The molecule has 5 nitrogen and oxygen atoms in total. The number of aliphatic hydroxyl groups excluding tert-OH is 1. The Hall–Kier alpha value is -2.11. The first-order valence-corrected chi connectivity index (χ1v) is 7.27. The van der Waals surface area contributed by atoms with Crippen molar-refractivity contribution < 1.29 is 14.6 Å². The number of carbonyl (C=O) groups is 1. The third-order valence-electron chi connectivity index (χ3n) is 3.08. The maximum Gasteiger partial charge on any atom is 0.253 e. The van der Waals surface area contributed by atoms with Gasteiger partial charge in [-0.3, -0.25) is 4.79 Å². The van der Waals surface area contributed by atoms with Crippen LogP contribution in [0.5, 0.6) is 5.88 Å². The first-order chi connectivity index (χ1) is 10.7. The number of carbonyl (C=O) groups excluding carboxylic acids is 1. The summed E-state index contributed by atoms with van der Waals surface area (Å²) in [7, 11) is 0. The Morgan fingerprint density at radius 1 is 1.36 bits per heavy atom. The van der Waals surface area contributed by atoms with E-state index < -0.39 is 0 Å². The molecule has 0 saturated carbocycles. The van der Waals surface area contributed by atoms with Gasteiger partial charge in [-0.25, -0.2) is 4.98 Å². The Balaban J connectivity index is 2.05. The number of halogens is 1. The molecule has 1 heterocycles. The van der Waals surface area contributed by atoms with E-state index in [0.717, 1.165) is 11.1 Å². The van der Waals surface area contributed by atoms with Crippen molar-refractivity contribution >= 4 is 17.5 Å². The van der Waals surface area contributed by atoms with E-state index in [2.05, 4.69) is 10.3 Å². The van der Waals surface area contributed by atoms with Crippen LogP contribution in [0.25, 0.3) is 0 Å². The van der Waals surface area contributed by atoms with Crippen molar-refractivity contribution in [3.05, 3.63) is 58.2 Å². The second-order valence-corrected chi connectivity index (χ2v) is 4.96. The van der Waals surface area contributed by atoms with Crippen molar-refractivity contribution in [3.8, 4) is 5.88 Å². The summed E-state index contributed by atoms with van der Waals surface area (Å²) in [4.78, 5) is 16.1. The number of aliphatic hydroxyl groups is 1. The molecule has 0 atom stereocenters. The molecule has 2 N–H and O–H groups in total. The van der Waals surface area contributed by atoms with Gasteiger partial charge in [0.2, 0.25) is 5.88 Å². The molecular weight excluding hydrogens is 304 g/mol. The Morgan fingerprint density at radius 2 is 2.09 bits per heavy atom. The summed E-state index contributed by atoms with van der Waals surface area (Å²) in [6, 6.07) is 8.89. The van der Waals surface area contributed by atoms with Gasteiger partial charge < -0.3 is 15.2 Å². The van der Waals surface area contributed by atoms with E-state index in [9.17, 15) is 9.90 Å². The maximum atomic E-state index is 12.1. The summed E-state index contributed by atoms with van der Waals surface area (Å²) < 4.78 is 5.23. The average Bonchev–Trinajstić information content (AvgIpc) is 2.54. The molecule has 0 spiro atoms. The molecule has 22 heavy (non-hydrogen) atoms. The van der Waals surface area contributed by atoms with E-state index in [1.807, 2.05) is 31.2 Å². The topological polar surface area (TPSA) is 71.5 Å². The van der Waals surface area contributed by atoms with Crippen LogP contribution in [-0.2, 0) is 13.2 Å². The number of aromatic nitrogens is 1. The van der Waals surface area contributed by atoms with Gasteiger partial charge in [0.05, 0.1) is 18.8 Å². The molecule has 1 aromatic heterocycles. The van der Waals surface area contributed by atoms with Gasteiger partial charge in [-0.15, -0.1) is 0 Å². The molecule has 0 aliphatic heterocycles. The lowest BCUT2D eigenvalue weighted by Crippen LogP contribution is -2.23. The molecule has 0 aliphatic rings. The highest BCUT2D eigenvalue weighted by Gasteiger charge is 2.11. The summed E-state index contributed by atoms with van der Waals surface area (Å²) in [6.45, 7) is 2.54. The van der Waals surface area contributed by atoms with Gasteiger partial charge in [-0.2, -0.15) is 0 Å². The van der Waals surface area contributed by atoms with Crippen LogP contribution in [0.1, 0.15) is 28.4 Å². The summed E-state index contributed by atoms with van der Waals surface area (Å²) >= 11 is 6.02. The van der Waals surface area contributed by atoms with E-state index in [1.54, 1.807) is 0 Å². The lowest BCUT2D eigenvalue weighted by molar-refractivity contribution is 0.0950. The number of hydrogen-bond acceptors (Lipinski definition) is 4. The zero-order valence-electron chi connectivity index (χ0n) is 12.2. The molecule has 0 radical (unpaired) electrons. The monoisotopic (exact) mass is 320 g/mol. The molecule has 1 aromatic carbocycles. The number of amides is 1. The third-order valence-corrected chi connectivity index (χ3v) is 3.35. The van der Waals surface area contributed by atoms with Crippen LogP contribution >= 0.6 is 11.6 Å². The minimum atomic E-state index is -0.287. The molecule has 0 fully saturated rings. The SMILES string of the molecule is CCOc1ncc(C(=O)NCc2ccccc2CO)cc1Cl. The smallest absolute Gasteiger partial charge is 0.253 e. The van der Waals surface area contributed by atoms with E-state index in [0.29, 0.717) is 29.6 Å². The Labute approximate surface area is 133 Å². The van der Waals surface area contributed by atoms with E-state index in [1.165, 1.54) is 12.3 Å². The second kappa shape index (κ2) is 7.77. The van der Waals surface area contributed by atoms with Crippen LogP contribution in [0.4, 0.5) is 0 Å². The molecule has 2 aromatic rings. The highest BCUT2D eigenvalue weighted by atomic mass is 35.5. The molecule has 0 bridgehead atoms. The zero-order valence-corrected chi connectivity index (χ0v) is 12.9. The summed E-state index contributed by atoms with van der Waals surface area (Å²) in [5, 5.41) is 12.3. The normalized spacial score (nSPS) is 10.3. The molecular formula is C16H17ClN2O3. The van der Waals surface area contributed by atoms with Crippen molar-refractivity contribution in [2.75, 3.05) is 6.61 Å². The summed E-state index contributed by atoms with van der Waals surface area (Å²) in [5.74, 6) is 0.0246. The summed E-state index contributed by atoms with van der Waals surface area (Å²) in [6.07, 6.45) is 1.42. The molecule has 0 saturated heterocycles. The largest absolute Gasteiger partial charge is 0.477 e. The van der Waals surface area contributed by atoms with Crippen molar-refractivity contribution in [2.45, 2.75) is 20.1 Å². The van der Waals surface area contributed by atoms with Crippen LogP contribution in [0.3, 0.4) is 0 Å². The fourth-order valence-corrected chi connectivity index (χ4v) is 2.18. The predicted octanol–water partition coefficient (Wildman–Crippen LogP) is 2.56. The summed E-state index contributed by atoms with van der Waals surface area (Å²) in [5.41, 5.74) is 2.00. The zero-order chi connectivity index (χ0) is 15.9. The molecule has 6 heteroatoms. The van der Waals surface area contributed by atoms with Gasteiger partial charge in [-0.05, 0) is 24.1 Å². The van der Waals surface area contributed by atoms with Gasteiger partial charge in [0.1, 0.15) is 5.02 Å². The molecule has 1 amide bonds. The predicted molar refractivity (Wildman–Crippen MR) is 84.0 cm³/mol. The van der Waals surface area contributed by atoms with Gasteiger partial charge in [-0.1, -0.05) is 35.9 Å². The number of nitrogens with zero attached hydrogens (tertiary/aromatic N) is 1. The highest BCUT2D eigenvalue weighted by Crippen LogP contribution is 2.22. The lowest BCUT2D eigenvalue weighted by Gasteiger charge is -2.10. The molecule has 0 aliphatic carbocycles. The van der Waals surface area contributed by atoms with Crippen molar-refractivity contribution in [3.63, 3.8) is 0 Å². The minimum absolute atomic E-state index is 0.0670. The molecule has 116 valence electrons. The highest BCUT2D eigenvalue weighted by molar-refractivity contribution is 6.32. The van der Waals surface area contributed by atoms with E-state index in [-0.39, 0.29) is 12.5 Å². The number of ether oxygens (including phenoxy) is 1. The van der Waals surface area contributed by atoms with Crippen LogP contribution in [0.15, 0.2) is 36.5 Å². The fourth-order valence-electron chi connectivity index (χ4n) is 1.95. The van der Waals surface area contributed by atoms with Crippen LogP contribution in [-0.4, -0.2) is 22.6 Å². The Kier molecular flexibility index (Phi) is 5.75. The molecule has 0 unspecified atom stereocenters. The molecule has 2 rings (SSSR count). The van der Waals surface area contributed by atoms with Crippen LogP contribution in [0, 0.1) is 0 Å². The number of hydrogen-bond donors (Lipinski definition) is 2. The van der Waals surface area contributed by atoms with Gasteiger partial charge in [0, 0.05) is 12.7 Å². The maximum absolute atomic E-state index is 12.1. The number of pyridine rings is 1. The lowest BCUT2D eigenvalue weighted by atomic mass is 10.1. The average molecular weight is 321 g/mol. The van der Waals surface area contributed by atoms with Gasteiger partial charge in [0.15, 0.2) is 0 Å². The van der Waals surface area contributed by atoms with E-state index in [4.69, 9.17) is 16.3 Å². The number of benzene rings is 1. The quantitative estimate of drug-likeness (QED) is 0.858. The number of rotatable bonds is 6. The minimum Gasteiger partial charge on any atom is -0.477 e. The van der Waals surface area contributed by atoms with Crippen molar-refractivity contribution in [1.82, 2.24) is 10.3 Å². The Morgan fingerprint density at radius 3 is 2.73 bits per heavy atom. The van der Waals surface area contributed by atoms with E-state index >= 15 is 0 Å². The Bertz CT molecular complexity index is 662. The number of nitrogens with one attached hydrogen (secondary N) is 1. The standard InChI is InChI=1S/C16H17ClN2O3/c1-2-22-16-14(17)7-13(9-19-16)15(21)18-8-11-5-3-4-6-12(11)10-20/h3-7,9,20H,2,8,10H2,1H3,(H,18,21). The van der Waals surface area contributed by atoms with Crippen molar-refractivity contribution in [1.29, 1.82) is 0 Å². The van der Waals surface area contributed by atoms with Crippen LogP contribution < -0.4 is 10.1 Å². The third kappa shape index (κ3) is 3.96. The first kappa shape index (κ1) is 16.3. The second-order valence-electron chi connectivity index (χ2n) is 4.55. The van der Waals surface area contributed by atoms with Gasteiger partial charge in [0.25, 0.3) is 5.91 Å². The van der Waals surface area contributed by atoms with Crippen molar-refractivity contribution in [2.24, 2.45) is 0 Å². The van der Waals surface area contributed by atoms with Crippen LogP contribution in [0.2, 0.25) is 5.02 Å².